The van der Waals surface area contributed by atoms with E-state index in [2.05, 4.69) is 15.3 Å². The van der Waals surface area contributed by atoms with Crippen LogP contribution in [0.5, 0.6) is 5.88 Å². The van der Waals surface area contributed by atoms with Crippen LogP contribution >= 0.6 is 0 Å². The highest BCUT2D eigenvalue weighted by Gasteiger charge is 2.09. The Morgan fingerprint density at radius 3 is 2.88 bits per heavy atom. The number of nitrogens with zero attached hydrogens (tertiary/aromatic N) is 2. The Morgan fingerprint density at radius 1 is 1.59 bits per heavy atom. The molecule has 0 bridgehead atoms. The van der Waals surface area contributed by atoms with E-state index in [0.717, 1.165) is 5.69 Å². The molecule has 17 heavy (non-hydrogen) atoms. The van der Waals surface area contributed by atoms with Gasteiger partial charge in [-0.15, -0.1) is 0 Å². The topological polar surface area (TPSA) is 90.1 Å². The smallest absolute Gasteiger partial charge is 0.226 e. The van der Waals surface area contributed by atoms with Gasteiger partial charge < -0.3 is 15.8 Å². The quantitative estimate of drug-likeness (QED) is 0.767. The predicted molar refractivity (Wildman–Crippen MR) is 64.8 cm³/mol. The van der Waals surface area contributed by atoms with Gasteiger partial charge in [0.1, 0.15) is 0 Å². The number of aryl methyl sites for hydroxylation is 1. The number of hydrogen-bond acceptors (Lipinski definition) is 5. The zero-order valence-corrected chi connectivity index (χ0v) is 10.4. The molecule has 0 aromatic carbocycles. The summed E-state index contributed by atoms with van der Waals surface area (Å²) in [7, 11) is 0. The maximum atomic E-state index is 10.8. The van der Waals surface area contributed by atoms with Gasteiger partial charge in [0.25, 0.3) is 0 Å². The van der Waals surface area contributed by atoms with Crippen LogP contribution in [0, 0.1) is 6.92 Å². The third-order valence-electron chi connectivity index (χ3n) is 2.01. The second-order valence-corrected chi connectivity index (χ2v) is 3.82. The van der Waals surface area contributed by atoms with Gasteiger partial charge in [-0.25, -0.2) is 4.98 Å². The molecular formula is C11H18N4O2. The van der Waals surface area contributed by atoms with E-state index in [1.807, 2.05) is 20.8 Å². The number of carbonyl (C=O) groups excluding carboxylic acids is 1. The highest BCUT2D eigenvalue weighted by Crippen LogP contribution is 2.13. The van der Waals surface area contributed by atoms with Crippen LogP contribution in [0.1, 0.15) is 26.0 Å². The SMILES string of the molecule is CCOc1cc(C)nc(NC(C)CC(N)=O)n1. The summed E-state index contributed by atoms with van der Waals surface area (Å²) in [4.78, 5) is 19.1. The number of ether oxygens (including phenoxy) is 1. The van der Waals surface area contributed by atoms with Crippen molar-refractivity contribution in [3.05, 3.63) is 11.8 Å². The van der Waals surface area contributed by atoms with Gasteiger partial charge in [-0.3, -0.25) is 4.79 Å². The van der Waals surface area contributed by atoms with E-state index in [0.29, 0.717) is 18.4 Å². The van der Waals surface area contributed by atoms with Crippen LogP contribution in [0.15, 0.2) is 6.07 Å². The Hall–Kier alpha value is -1.85. The second-order valence-electron chi connectivity index (χ2n) is 3.82. The number of nitrogens with one attached hydrogen (secondary N) is 1. The molecule has 6 nitrogen and oxygen atoms in total. The van der Waals surface area contributed by atoms with Gasteiger partial charge in [0, 0.05) is 24.2 Å². The number of primary amides is 1. The van der Waals surface area contributed by atoms with Crippen LogP contribution in [0.3, 0.4) is 0 Å². The Labute approximate surface area is 101 Å². The molecule has 1 aromatic heterocycles. The third kappa shape index (κ3) is 4.67. The molecule has 3 N–H and O–H groups in total. The molecule has 1 unspecified atom stereocenters. The molecule has 1 heterocycles. The number of anilines is 1. The third-order valence-corrected chi connectivity index (χ3v) is 2.01. The van der Waals surface area contributed by atoms with Gasteiger partial charge in [0.15, 0.2) is 0 Å². The first-order valence-corrected chi connectivity index (χ1v) is 5.54. The monoisotopic (exact) mass is 238 g/mol. The summed E-state index contributed by atoms with van der Waals surface area (Å²) in [5, 5.41) is 3.01. The number of amides is 1. The summed E-state index contributed by atoms with van der Waals surface area (Å²) in [5.41, 5.74) is 5.91. The fourth-order valence-electron chi connectivity index (χ4n) is 1.40. The van der Waals surface area contributed by atoms with E-state index >= 15 is 0 Å². The first kappa shape index (κ1) is 13.2. The number of rotatable bonds is 6. The van der Waals surface area contributed by atoms with Gasteiger partial charge in [-0.05, 0) is 20.8 Å². The largest absolute Gasteiger partial charge is 0.478 e. The molecule has 0 saturated heterocycles. The van der Waals surface area contributed by atoms with Crippen LogP contribution in [-0.4, -0.2) is 28.5 Å². The Bertz CT molecular complexity index is 395. The summed E-state index contributed by atoms with van der Waals surface area (Å²) in [6.45, 7) is 6.14. The minimum Gasteiger partial charge on any atom is -0.478 e. The van der Waals surface area contributed by atoms with Crippen LogP contribution in [0.2, 0.25) is 0 Å². The summed E-state index contributed by atoms with van der Waals surface area (Å²) in [6, 6.07) is 1.65. The van der Waals surface area contributed by atoms with E-state index < -0.39 is 0 Å². The van der Waals surface area contributed by atoms with Crippen molar-refractivity contribution < 1.29 is 9.53 Å². The number of aromatic nitrogens is 2. The fraction of sp³-hybridized carbons (Fsp3) is 0.545. The van der Waals surface area contributed by atoms with Gasteiger partial charge in [0.2, 0.25) is 17.7 Å². The molecule has 1 rings (SSSR count). The van der Waals surface area contributed by atoms with Gasteiger partial charge in [-0.2, -0.15) is 4.98 Å². The van der Waals surface area contributed by atoms with Crippen LogP contribution < -0.4 is 15.8 Å². The van der Waals surface area contributed by atoms with E-state index in [4.69, 9.17) is 10.5 Å². The van der Waals surface area contributed by atoms with Crippen molar-refractivity contribution in [1.29, 1.82) is 0 Å². The zero-order chi connectivity index (χ0) is 12.8. The highest BCUT2D eigenvalue weighted by atomic mass is 16.5. The lowest BCUT2D eigenvalue weighted by atomic mass is 10.2. The maximum Gasteiger partial charge on any atom is 0.226 e. The summed E-state index contributed by atoms with van der Waals surface area (Å²) in [5.74, 6) is 0.610. The molecule has 6 heteroatoms. The molecule has 1 atom stereocenters. The molecule has 0 saturated carbocycles. The van der Waals surface area contributed by atoms with Crippen molar-refractivity contribution >= 4 is 11.9 Å². The minimum atomic E-state index is -0.359. The van der Waals surface area contributed by atoms with E-state index in [9.17, 15) is 4.79 Å². The average Bonchev–Trinajstić information content (AvgIpc) is 2.14. The normalized spacial score (nSPS) is 11.9. The van der Waals surface area contributed by atoms with Crippen molar-refractivity contribution in [3.63, 3.8) is 0 Å². The zero-order valence-electron chi connectivity index (χ0n) is 10.4. The van der Waals surface area contributed by atoms with Crippen LogP contribution in [-0.2, 0) is 4.79 Å². The van der Waals surface area contributed by atoms with Gasteiger partial charge in [0.05, 0.1) is 6.61 Å². The second kappa shape index (κ2) is 6.03. The van der Waals surface area contributed by atoms with Gasteiger partial charge in [-0.1, -0.05) is 0 Å². The lowest BCUT2D eigenvalue weighted by Gasteiger charge is -2.13. The van der Waals surface area contributed by atoms with Crippen molar-refractivity contribution in [2.75, 3.05) is 11.9 Å². The molecule has 1 amide bonds. The molecule has 0 aliphatic rings. The van der Waals surface area contributed by atoms with Crippen molar-refractivity contribution in [2.45, 2.75) is 33.2 Å². The highest BCUT2D eigenvalue weighted by molar-refractivity contribution is 5.74. The van der Waals surface area contributed by atoms with Crippen molar-refractivity contribution in [3.8, 4) is 5.88 Å². The van der Waals surface area contributed by atoms with E-state index in [1.54, 1.807) is 6.07 Å². The van der Waals surface area contributed by atoms with E-state index in [-0.39, 0.29) is 18.4 Å². The Balaban J connectivity index is 2.72. The molecule has 1 aromatic rings. The molecule has 0 spiro atoms. The fourth-order valence-corrected chi connectivity index (χ4v) is 1.40. The first-order valence-electron chi connectivity index (χ1n) is 5.54. The van der Waals surface area contributed by atoms with Crippen LogP contribution in [0.25, 0.3) is 0 Å². The summed E-state index contributed by atoms with van der Waals surface area (Å²) < 4.78 is 5.31. The van der Waals surface area contributed by atoms with E-state index in [1.165, 1.54) is 0 Å². The average molecular weight is 238 g/mol. The number of carbonyl (C=O) groups is 1. The maximum absolute atomic E-state index is 10.8. The molecule has 0 radical (unpaired) electrons. The molecule has 0 aliphatic heterocycles. The van der Waals surface area contributed by atoms with Crippen molar-refractivity contribution in [2.24, 2.45) is 5.73 Å². The number of nitrogens with two attached hydrogens (primary N) is 1. The summed E-state index contributed by atoms with van der Waals surface area (Å²) in [6.07, 6.45) is 0.237. The standard InChI is InChI=1S/C11H18N4O2/c1-4-17-10-6-8(3)14-11(15-10)13-7(2)5-9(12)16/h6-7H,4-5H2,1-3H3,(H2,12,16)(H,13,14,15). The van der Waals surface area contributed by atoms with Crippen molar-refractivity contribution in [1.82, 2.24) is 9.97 Å². The lowest BCUT2D eigenvalue weighted by molar-refractivity contribution is -0.118. The van der Waals surface area contributed by atoms with Crippen LogP contribution in [0.4, 0.5) is 5.95 Å². The molecule has 94 valence electrons. The summed E-state index contributed by atoms with van der Waals surface area (Å²) >= 11 is 0. The van der Waals surface area contributed by atoms with Gasteiger partial charge >= 0.3 is 0 Å². The predicted octanol–water partition coefficient (Wildman–Crippen LogP) is 0.860. The Morgan fingerprint density at radius 2 is 2.29 bits per heavy atom. The molecular weight excluding hydrogens is 220 g/mol. The molecule has 0 fully saturated rings. The molecule has 0 aliphatic carbocycles. The Kier molecular flexibility index (Phi) is 4.68. The minimum absolute atomic E-state index is 0.108. The lowest BCUT2D eigenvalue weighted by Crippen LogP contribution is -2.25. The number of hydrogen-bond donors (Lipinski definition) is 2. The first-order chi connectivity index (χ1) is 8.01.